The zero-order chi connectivity index (χ0) is 23.6. The van der Waals surface area contributed by atoms with E-state index < -0.39 is 0 Å². The van der Waals surface area contributed by atoms with Crippen molar-refractivity contribution >= 4 is 10.9 Å². The van der Waals surface area contributed by atoms with Crippen molar-refractivity contribution in [1.82, 2.24) is 30.1 Å². The molecule has 0 aliphatic carbocycles. The van der Waals surface area contributed by atoms with Crippen LogP contribution in [0.2, 0.25) is 0 Å². The first-order valence-electron chi connectivity index (χ1n) is 11.8. The van der Waals surface area contributed by atoms with Gasteiger partial charge < -0.3 is 19.2 Å². The second-order valence-electron chi connectivity index (χ2n) is 8.96. The van der Waals surface area contributed by atoms with Crippen LogP contribution < -0.4 is 15.0 Å². The van der Waals surface area contributed by atoms with Crippen molar-refractivity contribution in [3.8, 4) is 11.5 Å². The Balaban J connectivity index is 1.27. The fourth-order valence-corrected chi connectivity index (χ4v) is 4.68. The quantitative estimate of drug-likeness (QED) is 0.415. The van der Waals surface area contributed by atoms with E-state index in [2.05, 4.69) is 37.5 Å². The molecule has 0 unspecified atom stereocenters. The standard InChI is InChI=1S/C25H26N6O4/c32-25-19(9-18-10-22-23(35-16-34-22)11-21(18)26-25)13-30(14-20-7-4-8-33-20)15-24-27-28-29-31(24)12-17-5-2-1-3-6-17/h1-3,5-6,9-11,20H,4,7-8,12-16H2,(H,26,32)/t20-/m1/s1. The molecule has 2 aliphatic rings. The molecule has 1 fully saturated rings. The summed E-state index contributed by atoms with van der Waals surface area (Å²) >= 11 is 0. The van der Waals surface area contributed by atoms with Gasteiger partial charge in [0.25, 0.3) is 5.56 Å². The van der Waals surface area contributed by atoms with E-state index in [0.29, 0.717) is 43.2 Å². The van der Waals surface area contributed by atoms with Gasteiger partial charge in [-0.05, 0) is 41.0 Å². The second-order valence-corrected chi connectivity index (χ2v) is 8.96. The number of nitrogens with one attached hydrogen (secondary N) is 1. The third kappa shape index (κ3) is 4.75. The number of benzene rings is 2. The Morgan fingerprint density at radius 2 is 1.94 bits per heavy atom. The van der Waals surface area contributed by atoms with E-state index in [0.717, 1.165) is 41.7 Å². The molecule has 2 aromatic heterocycles. The molecular formula is C25H26N6O4. The van der Waals surface area contributed by atoms with Gasteiger partial charge in [0.15, 0.2) is 17.3 Å². The predicted molar refractivity (Wildman–Crippen MR) is 127 cm³/mol. The van der Waals surface area contributed by atoms with E-state index in [-0.39, 0.29) is 18.5 Å². The van der Waals surface area contributed by atoms with E-state index in [4.69, 9.17) is 14.2 Å². The van der Waals surface area contributed by atoms with Crippen molar-refractivity contribution in [2.24, 2.45) is 0 Å². The van der Waals surface area contributed by atoms with Gasteiger partial charge in [0.05, 0.1) is 24.7 Å². The van der Waals surface area contributed by atoms with Crippen LogP contribution in [0.1, 0.15) is 29.8 Å². The van der Waals surface area contributed by atoms with Crippen LogP contribution in [0.25, 0.3) is 10.9 Å². The second kappa shape index (κ2) is 9.47. The highest BCUT2D eigenvalue weighted by Gasteiger charge is 2.23. The highest BCUT2D eigenvalue weighted by atomic mass is 16.7. The van der Waals surface area contributed by atoms with Gasteiger partial charge in [-0.1, -0.05) is 30.3 Å². The first kappa shape index (κ1) is 21.8. The van der Waals surface area contributed by atoms with Crippen molar-refractivity contribution in [1.29, 1.82) is 0 Å². The van der Waals surface area contributed by atoms with Crippen LogP contribution in [-0.4, -0.2) is 56.1 Å². The van der Waals surface area contributed by atoms with E-state index in [1.165, 1.54) is 0 Å². The number of pyridine rings is 1. The van der Waals surface area contributed by atoms with Crippen LogP contribution in [0.5, 0.6) is 11.5 Å². The average Bonchev–Trinajstić information content (AvgIpc) is 3.62. The number of hydrogen-bond donors (Lipinski definition) is 1. The Labute approximate surface area is 201 Å². The minimum absolute atomic E-state index is 0.127. The number of H-pyrrole nitrogens is 1. The van der Waals surface area contributed by atoms with Gasteiger partial charge in [-0.2, -0.15) is 0 Å². The number of fused-ring (bicyclic) bond motifs is 2. The molecule has 0 spiro atoms. The number of ether oxygens (including phenoxy) is 3. The molecule has 6 rings (SSSR count). The third-order valence-corrected chi connectivity index (χ3v) is 6.44. The zero-order valence-electron chi connectivity index (χ0n) is 19.2. The van der Waals surface area contributed by atoms with Gasteiger partial charge in [0, 0.05) is 36.7 Å². The molecule has 35 heavy (non-hydrogen) atoms. The molecule has 4 aromatic rings. The number of rotatable bonds is 8. The molecule has 2 aliphatic heterocycles. The first-order chi connectivity index (χ1) is 17.2. The SMILES string of the molecule is O=c1[nH]c2cc3c(cc2cc1CN(Cc1nnnn1Cc1ccccc1)C[C@H]1CCCO1)OCO3. The van der Waals surface area contributed by atoms with Crippen molar-refractivity contribution in [3.05, 3.63) is 75.8 Å². The van der Waals surface area contributed by atoms with Crippen molar-refractivity contribution in [2.75, 3.05) is 19.9 Å². The summed E-state index contributed by atoms with van der Waals surface area (Å²) < 4.78 is 18.7. The lowest BCUT2D eigenvalue weighted by Gasteiger charge is -2.24. The fourth-order valence-electron chi connectivity index (χ4n) is 4.68. The highest BCUT2D eigenvalue weighted by Crippen LogP contribution is 2.35. The number of tetrazole rings is 1. The summed E-state index contributed by atoms with van der Waals surface area (Å²) in [4.78, 5) is 18.2. The summed E-state index contributed by atoms with van der Waals surface area (Å²) in [6.45, 7) is 3.18. The minimum Gasteiger partial charge on any atom is -0.454 e. The van der Waals surface area contributed by atoms with Gasteiger partial charge in [0.2, 0.25) is 6.79 Å². The maximum atomic E-state index is 13.0. The average molecular weight is 475 g/mol. The lowest BCUT2D eigenvalue weighted by atomic mass is 10.1. The minimum atomic E-state index is -0.127. The van der Waals surface area contributed by atoms with Crippen LogP contribution in [0.4, 0.5) is 0 Å². The van der Waals surface area contributed by atoms with Crippen LogP contribution in [0.15, 0.2) is 53.3 Å². The third-order valence-electron chi connectivity index (χ3n) is 6.44. The van der Waals surface area contributed by atoms with Crippen LogP contribution in [0, 0.1) is 0 Å². The molecule has 180 valence electrons. The summed E-state index contributed by atoms with van der Waals surface area (Å²) in [7, 11) is 0. The topological polar surface area (TPSA) is 107 Å². The van der Waals surface area contributed by atoms with Crippen LogP contribution >= 0.6 is 0 Å². The Morgan fingerprint density at radius 1 is 1.09 bits per heavy atom. The van der Waals surface area contributed by atoms with Gasteiger partial charge in [-0.25, -0.2) is 4.68 Å². The normalized spacial score (nSPS) is 17.0. The summed E-state index contributed by atoms with van der Waals surface area (Å²) in [5, 5.41) is 13.3. The molecule has 1 saturated heterocycles. The molecule has 4 heterocycles. The van der Waals surface area contributed by atoms with E-state index in [1.807, 2.05) is 41.1 Å². The molecule has 0 saturated carbocycles. The molecule has 0 amide bonds. The molecule has 2 aromatic carbocycles. The lowest BCUT2D eigenvalue weighted by Crippen LogP contribution is -2.34. The van der Waals surface area contributed by atoms with Crippen molar-refractivity contribution in [2.45, 2.75) is 38.6 Å². The zero-order valence-corrected chi connectivity index (χ0v) is 19.2. The number of aromatic amines is 1. The molecular weight excluding hydrogens is 448 g/mol. The van der Waals surface area contributed by atoms with E-state index >= 15 is 0 Å². The fraction of sp³-hybridized carbons (Fsp3) is 0.360. The monoisotopic (exact) mass is 474 g/mol. The first-order valence-corrected chi connectivity index (χ1v) is 11.8. The number of hydrogen-bond acceptors (Lipinski definition) is 8. The van der Waals surface area contributed by atoms with Crippen molar-refractivity contribution < 1.29 is 14.2 Å². The lowest BCUT2D eigenvalue weighted by molar-refractivity contribution is 0.0663. The Kier molecular flexibility index (Phi) is 5.89. The Hall–Kier alpha value is -3.76. The Bertz CT molecular complexity index is 1380. The van der Waals surface area contributed by atoms with E-state index in [1.54, 1.807) is 0 Å². The van der Waals surface area contributed by atoms with Gasteiger partial charge in [-0.3, -0.25) is 9.69 Å². The summed E-state index contributed by atoms with van der Waals surface area (Å²) in [6, 6.07) is 15.7. The predicted octanol–water partition coefficient (Wildman–Crippen LogP) is 2.47. The molecule has 10 heteroatoms. The smallest absolute Gasteiger partial charge is 0.252 e. The summed E-state index contributed by atoms with van der Waals surface area (Å²) in [5.41, 5.74) is 2.38. The summed E-state index contributed by atoms with van der Waals surface area (Å²) in [6.07, 6.45) is 2.18. The molecule has 10 nitrogen and oxygen atoms in total. The molecule has 1 N–H and O–H groups in total. The number of aromatic nitrogens is 5. The molecule has 1 atom stereocenters. The van der Waals surface area contributed by atoms with E-state index in [9.17, 15) is 4.79 Å². The summed E-state index contributed by atoms with van der Waals surface area (Å²) in [5.74, 6) is 2.07. The van der Waals surface area contributed by atoms with Crippen molar-refractivity contribution in [3.63, 3.8) is 0 Å². The molecule has 0 bridgehead atoms. The highest BCUT2D eigenvalue weighted by molar-refractivity contribution is 5.83. The largest absolute Gasteiger partial charge is 0.454 e. The number of nitrogens with zero attached hydrogens (tertiary/aromatic N) is 5. The Morgan fingerprint density at radius 3 is 2.77 bits per heavy atom. The van der Waals surface area contributed by atoms with Gasteiger partial charge >= 0.3 is 0 Å². The van der Waals surface area contributed by atoms with Crippen LogP contribution in [0.3, 0.4) is 0 Å². The van der Waals surface area contributed by atoms with Crippen LogP contribution in [-0.2, 0) is 24.4 Å². The molecule has 0 radical (unpaired) electrons. The maximum Gasteiger partial charge on any atom is 0.252 e. The van der Waals surface area contributed by atoms with Gasteiger partial charge in [-0.15, -0.1) is 5.10 Å². The maximum absolute atomic E-state index is 13.0. The van der Waals surface area contributed by atoms with Gasteiger partial charge in [0.1, 0.15) is 0 Å².